The largest absolute Gasteiger partial charge is 0.544 e. The summed E-state index contributed by atoms with van der Waals surface area (Å²) in [5, 5.41) is 11.7. The zero-order valence-electron chi connectivity index (χ0n) is 45.5. The molecule has 8 heteroatoms. The highest BCUT2D eigenvalue weighted by Gasteiger charge is 2.25. The third kappa shape index (κ3) is 49.5. The zero-order chi connectivity index (χ0) is 50.6. The normalized spacial score (nSPS) is 13.3. The number of aliphatic carboxylic acids is 1. The third-order valence-electron chi connectivity index (χ3n) is 12.6. The minimum Gasteiger partial charge on any atom is -0.544 e. The molecule has 0 aliphatic rings. The molecular formula is C61H107NO7. The van der Waals surface area contributed by atoms with Crippen LogP contribution in [0.5, 0.6) is 0 Å². The molecule has 0 heterocycles. The number of quaternary nitrogens is 1. The molecule has 0 aromatic heterocycles. The second-order valence-electron chi connectivity index (χ2n) is 20.1. The molecule has 0 rings (SSSR count). The van der Waals surface area contributed by atoms with E-state index in [1.165, 1.54) is 135 Å². The number of carbonyl (C=O) groups is 3. The standard InChI is InChI=1S/C61H107NO7/c1-6-8-10-12-14-16-18-20-22-24-26-28-30-32-33-35-37-39-41-43-45-47-49-51-59(63)68-56-57(55-67-54-53-58(61(65)66)62(3,4)5)69-60(64)52-50-48-46-44-42-40-38-36-34-31-29-27-25-23-21-19-17-15-13-11-9-7-2/h8,10,14,16,20,22,26,28,31-34,57-58H,6-7,9,11-13,15,17-19,21,23-25,27,29-30,35-56H2,1-5H3/b10-8+,16-14+,22-20+,28-26+,33-32+,34-31+. The van der Waals surface area contributed by atoms with E-state index in [1.54, 1.807) is 21.1 Å². The molecule has 0 aromatic carbocycles. The number of hydrogen-bond acceptors (Lipinski definition) is 7. The van der Waals surface area contributed by atoms with Gasteiger partial charge in [-0.1, -0.05) is 215 Å². The minimum atomic E-state index is -1.13. The number of carboxylic acids is 1. The summed E-state index contributed by atoms with van der Waals surface area (Å²) in [6.07, 6.45) is 66.5. The fourth-order valence-electron chi connectivity index (χ4n) is 8.21. The molecule has 0 fully saturated rings. The van der Waals surface area contributed by atoms with Gasteiger partial charge in [0.2, 0.25) is 0 Å². The summed E-state index contributed by atoms with van der Waals surface area (Å²) in [5.74, 6) is -1.75. The first-order valence-electron chi connectivity index (χ1n) is 28.5. The summed E-state index contributed by atoms with van der Waals surface area (Å²) in [6.45, 7) is 4.56. The fraction of sp³-hybridized carbons (Fsp3) is 0.754. The van der Waals surface area contributed by atoms with Gasteiger partial charge in [-0.3, -0.25) is 9.59 Å². The number of allylic oxidation sites excluding steroid dienone is 12. The van der Waals surface area contributed by atoms with Crippen LogP contribution in [0.1, 0.15) is 245 Å². The first-order valence-corrected chi connectivity index (χ1v) is 28.5. The molecule has 0 radical (unpaired) electrons. The van der Waals surface area contributed by atoms with E-state index < -0.39 is 18.1 Å². The van der Waals surface area contributed by atoms with Gasteiger partial charge in [0.25, 0.3) is 0 Å². The average molecular weight is 967 g/mol. The van der Waals surface area contributed by atoms with Crippen LogP contribution in [0.3, 0.4) is 0 Å². The number of nitrogens with zero attached hydrogens (tertiary/aromatic N) is 1. The predicted octanol–water partition coefficient (Wildman–Crippen LogP) is 15.7. The van der Waals surface area contributed by atoms with Crippen molar-refractivity contribution in [3.63, 3.8) is 0 Å². The first kappa shape index (κ1) is 65.8. The number of ether oxygens (including phenoxy) is 3. The van der Waals surface area contributed by atoms with Crippen LogP contribution in [0, 0.1) is 0 Å². The van der Waals surface area contributed by atoms with Gasteiger partial charge in [-0.15, -0.1) is 0 Å². The van der Waals surface area contributed by atoms with Crippen LogP contribution >= 0.6 is 0 Å². The van der Waals surface area contributed by atoms with Crippen LogP contribution < -0.4 is 5.11 Å². The predicted molar refractivity (Wildman–Crippen MR) is 291 cm³/mol. The number of carboxylic acid groups (broad SMARTS) is 1. The molecule has 0 saturated heterocycles. The number of esters is 2. The van der Waals surface area contributed by atoms with Crippen molar-refractivity contribution < 1.29 is 38.2 Å². The quantitative estimate of drug-likeness (QED) is 0.0259. The van der Waals surface area contributed by atoms with E-state index >= 15 is 0 Å². The molecule has 69 heavy (non-hydrogen) atoms. The highest BCUT2D eigenvalue weighted by atomic mass is 16.6. The Labute approximate surface area is 425 Å². The van der Waals surface area contributed by atoms with E-state index in [0.29, 0.717) is 12.8 Å². The molecule has 2 atom stereocenters. The van der Waals surface area contributed by atoms with Gasteiger partial charge >= 0.3 is 11.9 Å². The van der Waals surface area contributed by atoms with E-state index in [4.69, 9.17) is 14.2 Å². The van der Waals surface area contributed by atoms with Crippen molar-refractivity contribution in [3.8, 4) is 0 Å². The van der Waals surface area contributed by atoms with Gasteiger partial charge in [0.1, 0.15) is 12.6 Å². The number of hydrogen-bond donors (Lipinski definition) is 0. The number of carbonyl (C=O) groups excluding carboxylic acids is 3. The van der Waals surface area contributed by atoms with Crippen LogP contribution in [0.2, 0.25) is 0 Å². The number of rotatable bonds is 51. The van der Waals surface area contributed by atoms with Crippen LogP contribution in [0.15, 0.2) is 72.9 Å². The van der Waals surface area contributed by atoms with Gasteiger partial charge < -0.3 is 28.6 Å². The first-order chi connectivity index (χ1) is 33.6. The van der Waals surface area contributed by atoms with Gasteiger partial charge in [-0.25, -0.2) is 0 Å². The lowest BCUT2D eigenvalue weighted by atomic mass is 10.0. The Morgan fingerprint density at radius 1 is 0.449 bits per heavy atom. The van der Waals surface area contributed by atoms with Gasteiger partial charge in [0, 0.05) is 19.3 Å². The van der Waals surface area contributed by atoms with Crippen molar-refractivity contribution in [1.29, 1.82) is 0 Å². The molecule has 8 nitrogen and oxygen atoms in total. The molecule has 0 aliphatic carbocycles. The van der Waals surface area contributed by atoms with E-state index in [1.807, 2.05) is 0 Å². The van der Waals surface area contributed by atoms with Gasteiger partial charge in [0.05, 0.1) is 40.3 Å². The Bertz CT molecular complexity index is 1360. The van der Waals surface area contributed by atoms with Gasteiger partial charge in [0.15, 0.2) is 6.10 Å². The lowest BCUT2D eigenvalue weighted by Crippen LogP contribution is -2.55. The lowest BCUT2D eigenvalue weighted by molar-refractivity contribution is -0.889. The zero-order valence-corrected chi connectivity index (χ0v) is 45.5. The lowest BCUT2D eigenvalue weighted by Gasteiger charge is -2.34. The molecule has 0 amide bonds. The Hall–Kier alpha value is -3.23. The SMILES string of the molecule is CC/C=C/C/C=C/C/C=C/C/C=C/C/C=C/CCCCCCCCCC(=O)OCC(COCCC(C(=O)[O-])[N+](C)(C)C)OC(=O)CCCCCCCCC/C=C/CCCCCCCCCCCCC. The van der Waals surface area contributed by atoms with E-state index in [2.05, 4.69) is 86.8 Å². The Morgan fingerprint density at radius 2 is 0.812 bits per heavy atom. The molecule has 0 bridgehead atoms. The van der Waals surface area contributed by atoms with Crippen molar-refractivity contribution in [1.82, 2.24) is 0 Å². The summed E-state index contributed by atoms with van der Waals surface area (Å²) < 4.78 is 17.3. The minimum absolute atomic E-state index is 0.0333. The van der Waals surface area contributed by atoms with Crippen LogP contribution in [-0.4, -0.2) is 75.5 Å². The monoisotopic (exact) mass is 966 g/mol. The van der Waals surface area contributed by atoms with Crippen molar-refractivity contribution in [2.45, 2.75) is 257 Å². The number of unbranched alkanes of at least 4 members (excludes halogenated alkanes) is 25. The molecule has 0 spiro atoms. The third-order valence-corrected chi connectivity index (χ3v) is 12.6. The summed E-state index contributed by atoms with van der Waals surface area (Å²) in [6, 6.07) is -0.732. The van der Waals surface area contributed by atoms with E-state index in [9.17, 15) is 19.5 Å². The van der Waals surface area contributed by atoms with Crippen molar-refractivity contribution in [2.75, 3.05) is 41.0 Å². The average Bonchev–Trinajstić information content (AvgIpc) is 3.31. The summed E-state index contributed by atoms with van der Waals surface area (Å²) in [7, 11) is 5.42. The van der Waals surface area contributed by atoms with Gasteiger partial charge in [-0.2, -0.15) is 0 Å². The second kappa shape index (κ2) is 51.1. The maximum Gasteiger partial charge on any atom is 0.306 e. The Kier molecular flexibility index (Phi) is 48.7. The highest BCUT2D eigenvalue weighted by molar-refractivity contribution is 5.70. The molecule has 0 aromatic rings. The fourth-order valence-corrected chi connectivity index (χ4v) is 8.21. The topological polar surface area (TPSA) is 102 Å². The summed E-state index contributed by atoms with van der Waals surface area (Å²) in [5.41, 5.74) is 0. The van der Waals surface area contributed by atoms with Crippen molar-refractivity contribution in [2.24, 2.45) is 0 Å². The van der Waals surface area contributed by atoms with Crippen LogP contribution in [0.25, 0.3) is 0 Å². The molecule has 0 N–H and O–H groups in total. The number of likely N-dealkylation sites (N-methyl/N-ethyl adjacent to an activating group) is 1. The summed E-state index contributed by atoms with van der Waals surface area (Å²) in [4.78, 5) is 37.2. The van der Waals surface area contributed by atoms with E-state index in [-0.39, 0.29) is 42.7 Å². The Balaban J connectivity index is 4.22. The molecule has 0 aliphatic heterocycles. The van der Waals surface area contributed by atoms with Crippen molar-refractivity contribution in [3.05, 3.63) is 72.9 Å². The molecule has 398 valence electrons. The van der Waals surface area contributed by atoms with Crippen LogP contribution in [-0.2, 0) is 28.6 Å². The van der Waals surface area contributed by atoms with Gasteiger partial charge in [-0.05, 0) is 83.5 Å². The summed E-state index contributed by atoms with van der Waals surface area (Å²) >= 11 is 0. The maximum absolute atomic E-state index is 12.8. The smallest absolute Gasteiger partial charge is 0.306 e. The van der Waals surface area contributed by atoms with Crippen LogP contribution in [0.4, 0.5) is 0 Å². The molecular weight excluding hydrogens is 859 g/mol. The highest BCUT2D eigenvalue weighted by Crippen LogP contribution is 2.15. The van der Waals surface area contributed by atoms with Crippen molar-refractivity contribution >= 4 is 17.9 Å². The maximum atomic E-state index is 12.8. The molecule has 2 unspecified atom stereocenters. The second-order valence-corrected chi connectivity index (χ2v) is 20.1. The Morgan fingerprint density at radius 3 is 1.22 bits per heavy atom. The van der Waals surface area contributed by atoms with E-state index in [0.717, 1.165) is 77.0 Å². The molecule has 0 saturated carbocycles.